The van der Waals surface area contributed by atoms with Gasteiger partial charge >= 0.3 is 0 Å². The van der Waals surface area contributed by atoms with Gasteiger partial charge in [-0.3, -0.25) is 0 Å². The minimum atomic E-state index is -0.519. The molecule has 8 N–H and O–H groups in total. The molecule has 1 aromatic carbocycles. The number of para-hydroxylation sites is 1. The Morgan fingerprint density at radius 2 is 1.86 bits per heavy atom. The zero-order valence-electron chi connectivity index (χ0n) is 12.2. The molecule has 1 aliphatic carbocycles. The lowest BCUT2D eigenvalue weighted by Gasteiger charge is -2.27. The SMILES string of the molecule is NC(N)=NC(N)=Nc1c(F)cccc1NC1CCC(O)CC1. The fourth-order valence-electron chi connectivity index (χ4n) is 2.46. The molecule has 0 saturated heterocycles. The Kier molecular flexibility index (Phi) is 5.16. The first kappa shape index (κ1) is 16.0. The van der Waals surface area contributed by atoms with Gasteiger partial charge in [-0.15, -0.1) is 0 Å². The van der Waals surface area contributed by atoms with Crippen molar-refractivity contribution in [2.75, 3.05) is 5.32 Å². The zero-order chi connectivity index (χ0) is 16.1. The predicted molar refractivity (Wildman–Crippen MR) is 85.4 cm³/mol. The van der Waals surface area contributed by atoms with Gasteiger partial charge in [-0.05, 0) is 37.8 Å². The first-order valence-corrected chi connectivity index (χ1v) is 7.12. The second-order valence-electron chi connectivity index (χ2n) is 5.29. The molecule has 22 heavy (non-hydrogen) atoms. The van der Waals surface area contributed by atoms with Gasteiger partial charge in [0, 0.05) is 6.04 Å². The number of nitrogens with two attached hydrogens (primary N) is 3. The summed E-state index contributed by atoms with van der Waals surface area (Å²) < 4.78 is 14.0. The molecule has 0 bridgehead atoms. The van der Waals surface area contributed by atoms with Crippen molar-refractivity contribution >= 4 is 23.3 Å². The number of nitrogens with zero attached hydrogens (tertiary/aromatic N) is 2. The van der Waals surface area contributed by atoms with Crippen molar-refractivity contribution < 1.29 is 9.50 Å². The van der Waals surface area contributed by atoms with E-state index in [4.69, 9.17) is 17.2 Å². The number of benzene rings is 1. The third-order valence-electron chi connectivity index (χ3n) is 3.51. The van der Waals surface area contributed by atoms with Crippen molar-refractivity contribution in [2.45, 2.75) is 37.8 Å². The molecule has 0 amide bonds. The van der Waals surface area contributed by atoms with Crippen LogP contribution in [-0.2, 0) is 0 Å². The van der Waals surface area contributed by atoms with Crippen LogP contribution in [0.15, 0.2) is 28.2 Å². The second kappa shape index (κ2) is 7.08. The highest BCUT2D eigenvalue weighted by molar-refractivity contribution is 5.94. The summed E-state index contributed by atoms with van der Waals surface area (Å²) in [5.41, 5.74) is 16.6. The first-order chi connectivity index (χ1) is 10.5. The Morgan fingerprint density at radius 3 is 2.50 bits per heavy atom. The highest BCUT2D eigenvalue weighted by atomic mass is 19.1. The van der Waals surface area contributed by atoms with E-state index >= 15 is 0 Å². The highest BCUT2D eigenvalue weighted by Crippen LogP contribution is 2.31. The maximum atomic E-state index is 14.0. The first-order valence-electron chi connectivity index (χ1n) is 7.12. The number of hydrogen-bond acceptors (Lipinski definition) is 3. The molecule has 0 aromatic heterocycles. The van der Waals surface area contributed by atoms with Gasteiger partial charge < -0.3 is 27.6 Å². The average molecular weight is 308 g/mol. The number of hydrogen-bond donors (Lipinski definition) is 5. The molecule has 1 aliphatic rings. The highest BCUT2D eigenvalue weighted by Gasteiger charge is 2.20. The number of rotatable bonds is 3. The van der Waals surface area contributed by atoms with Gasteiger partial charge in [0.1, 0.15) is 5.69 Å². The summed E-state index contributed by atoms with van der Waals surface area (Å²) in [5, 5.41) is 12.8. The van der Waals surface area contributed by atoms with E-state index in [-0.39, 0.29) is 29.8 Å². The van der Waals surface area contributed by atoms with Crippen LogP contribution in [0.1, 0.15) is 25.7 Å². The second-order valence-corrected chi connectivity index (χ2v) is 5.29. The number of aliphatic hydroxyl groups excluding tert-OH is 1. The lowest BCUT2D eigenvalue weighted by Crippen LogP contribution is -2.28. The van der Waals surface area contributed by atoms with Crippen LogP contribution < -0.4 is 22.5 Å². The average Bonchev–Trinajstić information content (AvgIpc) is 2.44. The molecule has 0 radical (unpaired) electrons. The number of guanidine groups is 2. The van der Waals surface area contributed by atoms with E-state index in [2.05, 4.69) is 15.3 Å². The van der Waals surface area contributed by atoms with Crippen molar-refractivity contribution in [3.8, 4) is 0 Å². The number of nitrogens with one attached hydrogen (secondary N) is 1. The summed E-state index contributed by atoms with van der Waals surface area (Å²) >= 11 is 0. The lowest BCUT2D eigenvalue weighted by molar-refractivity contribution is 0.126. The van der Waals surface area contributed by atoms with Crippen LogP contribution in [0.5, 0.6) is 0 Å². The monoisotopic (exact) mass is 308 g/mol. The van der Waals surface area contributed by atoms with E-state index in [1.807, 2.05) is 0 Å². The summed E-state index contributed by atoms with van der Waals surface area (Å²) in [6, 6.07) is 4.75. The van der Waals surface area contributed by atoms with Crippen LogP contribution in [0, 0.1) is 5.82 Å². The van der Waals surface area contributed by atoms with Gasteiger partial charge in [0.25, 0.3) is 0 Å². The Hall–Kier alpha value is -2.35. The van der Waals surface area contributed by atoms with E-state index in [0.29, 0.717) is 5.69 Å². The molecule has 7 nitrogen and oxygen atoms in total. The number of anilines is 1. The lowest BCUT2D eigenvalue weighted by atomic mass is 9.93. The Balaban J connectivity index is 2.21. The summed E-state index contributed by atoms with van der Waals surface area (Å²) in [7, 11) is 0. The molecular weight excluding hydrogens is 287 g/mol. The molecule has 2 rings (SSSR count). The topological polar surface area (TPSA) is 135 Å². The van der Waals surface area contributed by atoms with Gasteiger partial charge in [0.05, 0.1) is 11.8 Å². The molecular formula is C14H21FN6O. The van der Waals surface area contributed by atoms with Crippen LogP contribution in [0.4, 0.5) is 15.8 Å². The van der Waals surface area contributed by atoms with Crippen molar-refractivity contribution in [3.63, 3.8) is 0 Å². The van der Waals surface area contributed by atoms with Crippen LogP contribution in [0.2, 0.25) is 0 Å². The molecule has 120 valence electrons. The normalized spacial score (nSPS) is 22.2. The fraction of sp³-hybridized carbons (Fsp3) is 0.429. The molecule has 1 aromatic rings. The smallest absolute Gasteiger partial charge is 0.223 e. The predicted octanol–water partition coefficient (Wildman–Crippen LogP) is 0.761. The van der Waals surface area contributed by atoms with E-state index in [0.717, 1.165) is 25.7 Å². The van der Waals surface area contributed by atoms with Crippen molar-refractivity contribution in [3.05, 3.63) is 24.0 Å². The minimum Gasteiger partial charge on any atom is -0.393 e. The van der Waals surface area contributed by atoms with Gasteiger partial charge in [-0.1, -0.05) is 6.07 Å². The number of aliphatic hydroxyl groups is 1. The molecule has 8 heteroatoms. The zero-order valence-corrected chi connectivity index (χ0v) is 12.2. The summed E-state index contributed by atoms with van der Waals surface area (Å²) in [5.74, 6) is -0.977. The largest absolute Gasteiger partial charge is 0.393 e. The molecule has 1 fully saturated rings. The van der Waals surface area contributed by atoms with Crippen molar-refractivity contribution in [1.82, 2.24) is 0 Å². The van der Waals surface area contributed by atoms with E-state index in [1.165, 1.54) is 6.07 Å². The third-order valence-corrected chi connectivity index (χ3v) is 3.51. The van der Waals surface area contributed by atoms with Gasteiger partial charge in [0.15, 0.2) is 11.8 Å². The Labute approximate surface area is 128 Å². The van der Waals surface area contributed by atoms with Crippen LogP contribution in [0.3, 0.4) is 0 Å². The summed E-state index contributed by atoms with van der Waals surface area (Å²) in [4.78, 5) is 7.52. The van der Waals surface area contributed by atoms with Crippen LogP contribution >= 0.6 is 0 Å². The van der Waals surface area contributed by atoms with Crippen molar-refractivity contribution in [1.29, 1.82) is 0 Å². The molecule has 0 aliphatic heterocycles. The third kappa shape index (κ3) is 4.32. The Bertz CT molecular complexity index is 577. The summed E-state index contributed by atoms with van der Waals surface area (Å²) in [6.07, 6.45) is 2.82. The standard InChI is InChI=1S/C14H21FN6O/c15-10-2-1-3-11(12(10)20-14(18)21-13(16)17)19-8-4-6-9(22)7-5-8/h1-3,8-9,19,22H,4-7H2,(H6,16,17,18,20,21). The molecule has 0 atom stereocenters. The van der Waals surface area contributed by atoms with E-state index in [9.17, 15) is 9.50 Å². The van der Waals surface area contributed by atoms with Crippen molar-refractivity contribution in [2.24, 2.45) is 27.2 Å². The summed E-state index contributed by atoms with van der Waals surface area (Å²) in [6.45, 7) is 0. The molecule has 0 heterocycles. The number of halogens is 1. The van der Waals surface area contributed by atoms with Crippen LogP contribution in [-0.4, -0.2) is 29.2 Å². The maximum absolute atomic E-state index is 14.0. The van der Waals surface area contributed by atoms with Gasteiger partial charge in [-0.2, -0.15) is 4.99 Å². The molecule has 1 saturated carbocycles. The van der Waals surface area contributed by atoms with E-state index in [1.54, 1.807) is 12.1 Å². The van der Waals surface area contributed by atoms with E-state index < -0.39 is 5.82 Å². The number of aliphatic imine (C=N–C) groups is 2. The molecule has 0 spiro atoms. The molecule has 0 unspecified atom stereocenters. The maximum Gasteiger partial charge on any atom is 0.223 e. The van der Waals surface area contributed by atoms with Gasteiger partial charge in [0.2, 0.25) is 5.96 Å². The van der Waals surface area contributed by atoms with Gasteiger partial charge in [-0.25, -0.2) is 9.38 Å². The fourth-order valence-corrected chi connectivity index (χ4v) is 2.46. The van der Waals surface area contributed by atoms with Crippen LogP contribution in [0.25, 0.3) is 0 Å². The minimum absolute atomic E-state index is 0.0659. The quantitative estimate of drug-likeness (QED) is 0.415. The Morgan fingerprint density at radius 1 is 1.18 bits per heavy atom.